The number of ether oxygens (including phenoxy) is 1. The number of imide groups is 1. The van der Waals surface area contributed by atoms with Crippen LogP contribution < -0.4 is 15.0 Å². The number of benzene rings is 3. The minimum Gasteiger partial charge on any atom is -0.491 e. The van der Waals surface area contributed by atoms with Gasteiger partial charge in [-0.2, -0.15) is 0 Å². The van der Waals surface area contributed by atoms with E-state index in [0.29, 0.717) is 22.6 Å². The van der Waals surface area contributed by atoms with Gasteiger partial charge in [-0.1, -0.05) is 35.9 Å². The molecule has 0 aromatic heterocycles. The highest BCUT2D eigenvalue weighted by atomic mass is 16.5. The van der Waals surface area contributed by atoms with Crippen molar-refractivity contribution in [2.24, 2.45) is 0 Å². The van der Waals surface area contributed by atoms with Gasteiger partial charge in [0.05, 0.1) is 17.4 Å². The van der Waals surface area contributed by atoms with Gasteiger partial charge in [-0.3, -0.25) is 9.59 Å². The van der Waals surface area contributed by atoms with Gasteiger partial charge in [0.2, 0.25) is 0 Å². The summed E-state index contributed by atoms with van der Waals surface area (Å²) in [4.78, 5) is 28.4. The first-order valence-electron chi connectivity index (χ1n) is 11.1. The smallest absolute Gasteiger partial charge is 0.282 e. The first kappa shape index (κ1) is 22.3. The molecule has 2 amide bonds. The van der Waals surface area contributed by atoms with Crippen LogP contribution in [0.25, 0.3) is 5.57 Å². The number of carbonyl (C=O) groups excluding carboxylic acids is 2. The van der Waals surface area contributed by atoms with Crippen LogP contribution in [0.2, 0.25) is 0 Å². The third kappa shape index (κ3) is 4.53. The van der Waals surface area contributed by atoms with E-state index in [1.54, 1.807) is 0 Å². The third-order valence-corrected chi connectivity index (χ3v) is 5.67. The van der Waals surface area contributed by atoms with Gasteiger partial charge in [-0.25, -0.2) is 4.90 Å². The van der Waals surface area contributed by atoms with Crippen LogP contribution >= 0.6 is 0 Å². The van der Waals surface area contributed by atoms with Gasteiger partial charge in [-0.15, -0.1) is 0 Å². The summed E-state index contributed by atoms with van der Waals surface area (Å²) >= 11 is 0. The summed E-state index contributed by atoms with van der Waals surface area (Å²) < 4.78 is 5.73. The molecular weight excluding hydrogens is 412 g/mol. The quantitative estimate of drug-likeness (QED) is 0.493. The number of nitrogens with zero attached hydrogens (tertiary/aromatic N) is 1. The maximum Gasteiger partial charge on any atom is 0.282 e. The van der Waals surface area contributed by atoms with E-state index in [-0.39, 0.29) is 23.6 Å². The summed E-state index contributed by atoms with van der Waals surface area (Å²) in [5.74, 6) is -0.0121. The molecule has 1 heterocycles. The molecule has 0 radical (unpaired) electrons. The fourth-order valence-electron chi connectivity index (χ4n) is 3.77. The van der Waals surface area contributed by atoms with Crippen molar-refractivity contribution < 1.29 is 14.3 Å². The molecule has 4 rings (SSSR count). The van der Waals surface area contributed by atoms with Crippen molar-refractivity contribution in [1.29, 1.82) is 0 Å². The minimum absolute atomic E-state index is 0.0452. The molecule has 0 saturated carbocycles. The average Bonchev–Trinajstić information content (AvgIpc) is 3.01. The maximum atomic E-state index is 13.6. The van der Waals surface area contributed by atoms with E-state index in [1.807, 2.05) is 101 Å². The van der Waals surface area contributed by atoms with Crippen LogP contribution in [0.5, 0.6) is 5.75 Å². The van der Waals surface area contributed by atoms with Crippen molar-refractivity contribution in [3.05, 3.63) is 94.7 Å². The van der Waals surface area contributed by atoms with Crippen molar-refractivity contribution in [2.45, 2.75) is 40.7 Å². The summed E-state index contributed by atoms with van der Waals surface area (Å²) in [5, 5.41) is 3.21. The highest BCUT2D eigenvalue weighted by Gasteiger charge is 2.40. The predicted molar refractivity (Wildman–Crippen MR) is 132 cm³/mol. The third-order valence-electron chi connectivity index (χ3n) is 5.67. The lowest BCUT2D eigenvalue weighted by Gasteiger charge is -2.17. The monoisotopic (exact) mass is 440 g/mol. The van der Waals surface area contributed by atoms with E-state index in [1.165, 1.54) is 4.90 Å². The molecule has 168 valence electrons. The highest BCUT2D eigenvalue weighted by molar-refractivity contribution is 6.46. The molecule has 0 atom stereocenters. The van der Waals surface area contributed by atoms with Crippen molar-refractivity contribution >= 4 is 28.8 Å². The molecule has 5 nitrogen and oxygen atoms in total. The number of aryl methyl sites for hydroxylation is 3. The molecule has 0 saturated heterocycles. The molecule has 0 unspecified atom stereocenters. The summed E-state index contributed by atoms with van der Waals surface area (Å²) in [6.45, 7) is 9.89. The molecule has 3 aromatic carbocycles. The average molecular weight is 441 g/mol. The highest BCUT2D eigenvalue weighted by Crippen LogP contribution is 2.35. The van der Waals surface area contributed by atoms with E-state index in [9.17, 15) is 9.59 Å². The van der Waals surface area contributed by atoms with E-state index >= 15 is 0 Å². The molecule has 0 spiro atoms. The lowest BCUT2D eigenvalue weighted by molar-refractivity contribution is -0.120. The first-order chi connectivity index (χ1) is 15.7. The van der Waals surface area contributed by atoms with Gasteiger partial charge in [0.1, 0.15) is 11.4 Å². The summed E-state index contributed by atoms with van der Waals surface area (Å²) in [7, 11) is 0. The van der Waals surface area contributed by atoms with Crippen LogP contribution in [0.3, 0.4) is 0 Å². The van der Waals surface area contributed by atoms with Gasteiger partial charge >= 0.3 is 0 Å². The molecule has 0 bridgehead atoms. The van der Waals surface area contributed by atoms with Crippen molar-refractivity contribution in [1.82, 2.24) is 0 Å². The summed E-state index contributed by atoms with van der Waals surface area (Å²) in [5.41, 5.74) is 5.80. The molecule has 33 heavy (non-hydrogen) atoms. The Morgan fingerprint density at radius 3 is 2.06 bits per heavy atom. The van der Waals surface area contributed by atoms with E-state index < -0.39 is 0 Å². The SMILES string of the molecule is Cc1ccc(NC2=C(c3ccc(OC(C)C)cc3)C(=O)N(c3ccc(C)c(C)c3)C2=O)cc1. The second-order valence-corrected chi connectivity index (χ2v) is 8.65. The fourth-order valence-corrected chi connectivity index (χ4v) is 3.77. The lowest BCUT2D eigenvalue weighted by Crippen LogP contribution is -2.32. The number of carbonyl (C=O) groups is 2. The lowest BCUT2D eigenvalue weighted by atomic mass is 10.0. The molecular formula is C28H28N2O3. The Bertz CT molecular complexity index is 1240. The minimum atomic E-state index is -0.374. The number of hydrogen-bond donors (Lipinski definition) is 1. The molecule has 5 heteroatoms. The Balaban J connectivity index is 1.78. The molecule has 1 N–H and O–H groups in total. The standard InChI is InChI=1S/C28H28N2O3/c1-17(2)33-24-14-9-21(10-15-24)25-26(29-22-11-6-18(3)7-12-22)28(32)30(27(25)31)23-13-8-19(4)20(5)16-23/h6-17,29H,1-5H3. The van der Waals surface area contributed by atoms with Crippen molar-refractivity contribution in [3.8, 4) is 5.75 Å². The normalized spacial score (nSPS) is 13.8. The molecule has 0 fully saturated rings. The van der Waals surface area contributed by atoms with Gasteiger partial charge in [-0.05, 0) is 87.7 Å². The van der Waals surface area contributed by atoms with Crippen LogP contribution in [0.1, 0.15) is 36.1 Å². The van der Waals surface area contributed by atoms with E-state index in [0.717, 1.165) is 22.4 Å². The van der Waals surface area contributed by atoms with Crippen LogP contribution in [0.4, 0.5) is 11.4 Å². The zero-order chi connectivity index (χ0) is 23.7. The largest absolute Gasteiger partial charge is 0.491 e. The molecule has 3 aromatic rings. The van der Waals surface area contributed by atoms with E-state index in [2.05, 4.69) is 5.32 Å². The second kappa shape index (κ2) is 8.94. The summed E-state index contributed by atoms with van der Waals surface area (Å²) in [6, 6.07) is 20.6. The molecule has 0 aliphatic carbocycles. The molecule has 1 aliphatic rings. The van der Waals surface area contributed by atoms with Crippen molar-refractivity contribution in [3.63, 3.8) is 0 Å². The van der Waals surface area contributed by atoms with E-state index in [4.69, 9.17) is 4.74 Å². The van der Waals surface area contributed by atoms with Gasteiger partial charge in [0.15, 0.2) is 0 Å². The number of rotatable bonds is 6. The van der Waals surface area contributed by atoms with Crippen molar-refractivity contribution in [2.75, 3.05) is 10.2 Å². The van der Waals surface area contributed by atoms with Crippen LogP contribution in [0, 0.1) is 20.8 Å². The fraction of sp³-hybridized carbons (Fsp3) is 0.214. The number of anilines is 2. The topological polar surface area (TPSA) is 58.6 Å². The molecule has 1 aliphatic heterocycles. The van der Waals surface area contributed by atoms with Crippen LogP contribution in [-0.4, -0.2) is 17.9 Å². The Kier molecular flexibility index (Phi) is 6.05. The summed E-state index contributed by atoms with van der Waals surface area (Å²) in [6.07, 6.45) is 0.0452. The van der Waals surface area contributed by atoms with Gasteiger partial charge in [0.25, 0.3) is 11.8 Å². The number of hydrogen-bond acceptors (Lipinski definition) is 4. The second-order valence-electron chi connectivity index (χ2n) is 8.65. The zero-order valence-electron chi connectivity index (χ0n) is 19.6. The van der Waals surface area contributed by atoms with Crippen LogP contribution in [-0.2, 0) is 9.59 Å². The predicted octanol–water partition coefficient (Wildman–Crippen LogP) is 5.80. The number of amides is 2. The van der Waals surface area contributed by atoms with Crippen LogP contribution in [0.15, 0.2) is 72.4 Å². The Morgan fingerprint density at radius 2 is 1.45 bits per heavy atom. The zero-order valence-corrected chi connectivity index (χ0v) is 19.6. The van der Waals surface area contributed by atoms with Gasteiger partial charge < -0.3 is 10.1 Å². The van der Waals surface area contributed by atoms with Gasteiger partial charge in [0, 0.05) is 5.69 Å². The Hall–Kier alpha value is -3.86. The Labute approximate surface area is 194 Å². The number of nitrogens with one attached hydrogen (secondary N) is 1. The Morgan fingerprint density at radius 1 is 0.788 bits per heavy atom. The maximum absolute atomic E-state index is 13.6. The first-order valence-corrected chi connectivity index (χ1v) is 11.1.